The summed E-state index contributed by atoms with van der Waals surface area (Å²) in [5.41, 5.74) is 2.02. The Morgan fingerprint density at radius 1 is 1.40 bits per heavy atom. The summed E-state index contributed by atoms with van der Waals surface area (Å²) in [4.78, 5) is 13.8. The molecule has 3 nitrogen and oxygen atoms in total. The molecule has 0 amide bonds. The molecule has 0 aromatic heterocycles. The quantitative estimate of drug-likeness (QED) is 0.906. The zero-order chi connectivity index (χ0) is 14.8. The van der Waals surface area contributed by atoms with Gasteiger partial charge < -0.3 is 5.11 Å². The summed E-state index contributed by atoms with van der Waals surface area (Å²) < 4.78 is 1.14. The van der Waals surface area contributed by atoms with Crippen LogP contribution in [-0.4, -0.2) is 29.1 Å². The minimum absolute atomic E-state index is 0.499. The van der Waals surface area contributed by atoms with Gasteiger partial charge in [0.2, 0.25) is 0 Å². The molecular formula is C16H22BrNO2. The van der Waals surface area contributed by atoms with Crippen LogP contribution < -0.4 is 0 Å². The molecule has 0 radical (unpaired) electrons. The number of aliphatic carboxylic acids is 1. The molecule has 20 heavy (non-hydrogen) atoms. The first-order valence-electron chi connectivity index (χ1n) is 7.17. The lowest BCUT2D eigenvalue weighted by Crippen LogP contribution is -2.43. The molecule has 0 bridgehead atoms. The van der Waals surface area contributed by atoms with Crippen LogP contribution in [0.15, 0.2) is 22.7 Å². The molecule has 0 aliphatic carbocycles. The van der Waals surface area contributed by atoms with Gasteiger partial charge >= 0.3 is 5.97 Å². The summed E-state index contributed by atoms with van der Waals surface area (Å²) in [6.45, 7) is 6.68. The van der Waals surface area contributed by atoms with E-state index in [9.17, 15) is 9.90 Å². The largest absolute Gasteiger partial charge is 0.481 e. The van der Waals surface area contributed by atoms with Crippen molar-refractivity contribution < 1.29 is 9.90 Å². The second-order valence-electron chi connectivity index (χ2n) is 5.81. The third kappa shape index (κ3) is 3.23. The molecule has 110 valence electrons. The zero-order valence-electron chi connectivity index (χ0n) is 12.2. The maximum absolute atomic E-state index is 11.4. The molecule has 1 aromatic rings. The minimum Gasteiger partial charge on any atom is -0.481 e. The van der Waals surface area contributed by atoms with Gasteiger partial charge in [0.15, 0.2) is 0 Å². The van der Waals surface area contributed by atoms with E-state index in [4.69, 9.17) is 0 Å². The van der Waals surface area contributed by atoms with Crippen LogP contribution in [0.25, 0.3) is 0 Å². The van der Waals surface area contributed by atoms with E-state index in [1.807, 2.05) is 6.92 Å². The van der Waals surface area contributed by atoms with Gasteiger partial charge in [-0.25, -0.2) is 0 Å². The van der Waals surface area contributed by atoms with Crippen molar-refractivity contribution in [3.05, 3.63) is 33.8 Å². The first-order valence-corrected chi connectivity index (χ1v) is 7.97. The predicted octanol–water partition coefficient (Wildman–Crippen LogP) is 3.83. The highest BCUT2D eigenvalue weighted by Crippen LogP contribution is 2.35. The summed E-state index contributed by atoms with van der Waals surface area (Å²) in [5, 5.41) is 9.41. The highest BCUT2D eigenvalue weighted by molar-refractivity contribution is 9.10. The van der Waals surface area contributed by atoms with Gasteiger partial charge in [0, 0.05) is 11.0 Å². The van der Waals surface area contributed by atoms with Gasteiger partial charge in [0.1, 0.15) is 0 Å². The van der Waals surface area contributed by atoms with Gasteiger partial charge in [-0.1, -0.05) is 35.0 Å². The Balaban J connectivity index is 1.99. The summed E-state index contributed by atoms with van der Waals surface area (Å²) >= 11 is 3.61. The number of likely N-dealkylation sites (tertiary alicyclic amines) is 1. The van der Waals surface area contributed by atoms with Crippen LogP contribution >= 0.6 is 15.9 Å². The molecule has 1 aliphatic rings. The molecule has 0 saturated carbocycles. The number of benzene rings is 1. The van der Waals surface area contributed by atoms with E-state index in [2.05, 4.69) is 46.0 Å². The molecule has 1 aromatic carbocycles. The normalized spacial score (nSPS) is 18.9. The maximum atomic E-state index is 11.4. The predicted molar refractivity (Wildman–Crippen MR) is 83.7 cm³/mol. The second-order valence-corrected chi connectivity index (χ2v) is 6.66. The van der Waals surface area contributed by atoms with Crippen molar-refractivity contribution in [2.24, 2.45) is 5.41 Å². The number of carboxylic acid groups (broad SMARTS) is 1. The monoisotopic (exact) mass is 339 g/mol. The summed E-state index contributed by atoms with van der Waals surface area (Å²) in [6, 6.07) is 6.41. The lowest BCUT2D eigenvalue weighted by atomic mass is 9.76. The van der Waals surface area contributed by atoms with Gasteiger partial charge in [-0.3, -0.25) is 9.69 Å². The maximum Gasteiger partial charge on any atom is 0.309 e. The van der Waals surface area contributed by atoms with E-state index in [1.165, 1.54) is 11.1 Å². The Labute approximate surface area is 129 Å². The van der Waals surface area contributed by atoms with Gasteiger partial charge in [0.05, 0.1) is 5.41 Å². The molecule has 4 heteroatoms. The molecule has 1 saturated heterocycles. The fourth-order valence-electron chi connectivity index (χ4n) is 2.88. The minimum atomic E-state index is -0.629. The Morgan fingerprint density at radius 2 is 2.05 bits per heavy atom. The standard InChI is InChI=1S/C16H22BrNO2/c1-3-16(15(19)20)6-8-18(9-7-16)11-13-5-4-12(2)10-14(13)17/h4-5,10H,3,6-9,11H2,1-2H3,(H,19,20). The number of halogens is 1. The fourth-order valence-corrected chi connectivity index (χ4v) is 3.50. The van der Waals surface area contributed by atoms with Crippen LogP contribution in [0.2, 0.25) is 0 Å². The number of piperidine rings is 1. The first-order chi connectivity index (χ1) is 9.47. The number of aryl methyl sites for hydroxylation is 1. The molecule has 0 atom stereocenters. The average Bonchev–Trinajstić information content (AvgIpc) is 2.42. The van der Waals surface area contributed by atoms with Crippen LogP contribution in [0.5, 0.6) is 0 Å². The third-order valence-corrected chi connectivity index (χ3v) is 5.28. The number of carboxylic acids is 1. The van der Waals surface area contributed by atoms with Gasteiger partial charge in [-0.05, 0) is 56.5 Å². The van der Waals surface area contributed by atoms with Crippen molar-refractivity contribution in [1.29, 1.82) is 0 Å². The summed E-state index contributed by atoms with van der Waals surface area (Å²) in [6.07, 6.45) is 2.23. The van der Waals surface area contributed by atoms with Crippen LogP contribution in [-0.2, 0) is 11.3 Å². The molecule has 2 rings (SSSR count). The fraction of sp³-hybridized carbons (Fsp3) is 0.562. The SMILES string of the molecule is CCC1(C(=O)O)CCN(Cc2ccc(C)cc2Br)CC1. The van der Waals surface area contributed by atoms with Gasteiger partial charge in [-0.15, -0.1) is 0 Å². The van der Waals surface area contributed by atoms with E-state index in [0.717, 1.165) is 43.4 Å². The van der Waals surface area contributed by atoms with E-state index in [0.29, 0.717) is 0 Å². The summed E-state index contributed by atoms with van der Waals surface area (Å²) in [5.74, 6) is -0.629. The zero-order valence-corrected chi connectivity index (χ0v) is 13.7. The molecule has 1 aliphatic heterocycles. The van der Waals surface area contributed by atoms with Gasteiger partial charge in [0.25, 0.3) is 0 Å². The molecule has 1 fully saturated rings. The van der Waals surface area contributed by atoms with Crippen molar-refractivity contribution in [2.75, 3.05) is 13.1 Å². The van der Waals surface area contributed by atoms with Crippen molar-refractivity contribution >= 4 is 21.9 Å². The van der Waals surface area contributed by atoms with Crippen molar-refractivity contribution in [1.82, 2.24) is 4.90 Å². The molecule has 0 spiro atoms. The van der Waals surface area contributed by atoms with E-state index in [1.54, 1.807) is 0 Å². The van der Waals surface area contributed by atoms with E-state index in [-0.39, 0.29) is 0 Å². The Morgan fingerprint density at radius 3 is 2.55 bits per heavy atom. The number of rotatable bonds is 4. The topological polar surface area (TPSA) is 40.5 Å². The average molecular weight is 340 g/mol. The van der Waals surface area contributed by atoms with Crippen LogP contribution in [0.3, 0.4) is 0 Å². The lowest BCUT2D eigenvalue weighted by Gasteiger charge is -2.38. The summed E-state index contributed by atoms with van der Waals surface area (Å²) in [7, 11) is 0. The molecule has 0 unspecified atom stereocenters. The molecular weight excluding hydrogens is 318 g/mol. The highest BCUT2D eigenvalue weighted by Gasteiger charge is 2.39. The number of nitrogens with zero attached hydrogens (tertiary/aromatic N) is 1. The van der Waals surface area contributed by atoms with Gasteiger partial charge in [-0.2, -0.15) is 0 Å². The number of hydrogen-bond donors (Lipinski definition) is 1. The Hall–Kier alpha value is -0.870. The number of hydrogen-bond acceptors (Lipinski definition) is 2. The second kappa shape index (κ2) is 6.27. The molecule has 1 N–H and O–H groups in total. The Kier molecular flexibility index (Phi) is 4.86. The van der Waals surface area contributed by atoms with E-state index >= 15 is 0 Å². The lowest BCUT2D eigenvalue weighted by molar-refractivity contribution is -0.152. The van der Waals surface area contributed by atoms with Crippen molar-refractivity contribution in [2.45, 2.75) is 39.7 Å². The number of carbonyl (C=O) groups is 1. The molecule has 1 heterocycles. The smallest absolute Gasteiger partial charge is 0.309 e. The van der Waals surface area contributed by atoms with Crippen LogP contribution in [0, 0.1) is 12.3 Å². The van der Waals surface area contributed by atoms with Crippen LogP contribution in [0.4, 0.5) is 0 Å². The first kappa shape index (κ1) is 15.5. The van der Waals surface area contributed by atoms with E-state index < -0.39 is 11.4 Å². The third-order valence-electron chi connectivity index (χ3n) is 4.55. The van der Waals surface area contributed by atoms with Crippen molar-refractivity contribution in [3.63, 3.8) is 0 Å². The van der Waals surface area contributed by atoms with Crippen molar-refractivity contribution in [3.8, 4) is 0 Å². The highest BCUT2D eigenvalue weighted by atomic mass is 79.9. The Bertz CT molecular complexity index is 493. The van der Waals surface area contributed by atoms with Crippen LogP contribution in [0.1, 0.15) is 37.3 Å².